The number of benzene rings is 3. The second-order valence-electron chi connectivity index (χ2n) is 14.8. The SMILES string of the molecule is CC(C)(C)CNC[C@H](O)c1cccc(F)c1.CC(C)(C)NC[C@H](O)c1ccc(F)c(N)c1F.O[C@@H](CNC1(C(F)(F)F)CC1)c1cccc(F)c1. The van der Waals surface area contributed by atoms with Crippen molar-refractivity contribution in [3.05, 3.63) is 101 Å². The number of nitrogen functional groups attached to an aromatic ring is 1. The van der Waals surface area contributed by atoms with Gasteiger partial charge in [0.15, 0.2) is 5.82 Å². The Hall–Kier alpha value is -3.27. The summed E-state index contributed by atoms with van der Waals surface area (Å²) >= 11 is 0. The van der Waals surface area contributed by atoms with Crippen molar-refractivity contribution >= 4 is 5.69 Å². The van der Waals surface area contributed by atoms with Gasteiger partial charge < -0.3 is 37.0 Å². The van der Waals surface area contributed by atoms with Crippen LogP contribution in [0.3, 0.4) is 0 Å². The maximum absolute atomic E-state index is 13.6. The molecule has 0 unspecified atom stereocenters. The van der Waals surface area contributed by atoms with Crippen LogP contribution in [0.25, 0.3) is 0 Å². The number of hydrogen-bond acceptors (Lipinski definition) is 7. The lowest BCUT2D eigenvalue weighted by Crippen LogP contribution is -2.46. The van der Waals surface area contributed by atoms with Gasteiger partial charge in [-0.05, 0) is 80.5 Å². The largest absolute Gasteiger partial charge is 0.406 e. The third kappa shape index (κ3) is 15.1. The van der Waals surface area contributed by atoms with E-state index in [1.165, 1.54) is 36.4 Å². The molecule has 3 atom stereocenters. The smallest absolute Gasteiger partial charge is 0.394 e. The summed E-state index contributed by atoms with van der Waals surface area (Å²) in [7, 11) is 0. The van der Waals surface area contributed by atoms with Crippen LogP contribution in [-0.4, -0.2) is 58.8 Å². The Morgan fingerprint density at radius 3 is 1.67 bits per heavy atom. The number of rotatable bonds is 11. The van der Waals surface area contributed by atoms with Crippen LogP contribution in [0.5, 0.6) is 0 Å². The molecule has 0 spiro atoms. The Morgan fingerprint density at radius 1 is 0.725 bits per heavy atom. The molecule has 8 N–H and O–H groups in total. The number of β-amino-alcohol motifs (C(OH)–C–C–N with tert-alkyl or cyclic N) is 2. The number of halogens is 7. The predicted molar refractivity (Wildman–Crippen MR) is 185 cm³/mol. The van der Waals surface area contributed by atoms with Gasteiger partial charge in [0.25, 0.3) is 0 Å². The minimum Gasteiger partial charge on any atom is -0.394 e. The van der Waals surface area contributed by atoms with E-state index in [1.54, 1.807) is 12.1 Å². The molecule has 51 heavy (non-hydrogen) atoms. The molecule has 0 aliphatic heterocycles. The molecule has 0 heterocycles. The van der Waals surface area contributed by atoms with Gasteiger partial charge in [-0.15, -0.1) is 0 Å². The highest BCUT2D eigenvalue weighted by atomic mass is 19.4. The van der Waals surface area contributed by atoms with E-state index in [0.29, 0.717) is 12.1 Å². The lowest BCUT2D eigenvalue weighted by molar-refractivity contribution is -0.166. The van der Waals surface area contributed by atoms with Crippen molar-refractivity contribution in [1.82, 2.24) is 16.0 Å². The molecule has 1 aliphatic carbocycles. The van der Waals surface area contributed by atoms with Gasteiger partial charge in [0.05, 0.1) is 18.3 Å². The Bertz CT molecular complexity index is 1520. The molecule has 0 saturated heterocycles. The molecule has 7 nitrogen and oxygen atoms in total. The summed E-state index contributed by atoms with van der Waals surface area (Å²) in [6.45, 7) is 13.3. The minimum atomic E-state index is -4.31. The molecular weight excluding hydrogens is 681 g/mol. The first-order valence-corrected chi connectivity index (χ1v) is 16.5. The second kappa shape index (κ2) is 18.5. The van der Waals surface area contributed by atoms with Gasteiger partial charge in [-0.1, -0.05) is 51.1 Å². The molecule has 0 bridgehead atoms. The zero-order valence-electron chi connectivity index (χ0n) is 29.8. The first kappa shape index (κ1) is 43.9. The number of nitrogens with one attached hydrogen (secondary N) is 3. The Labute approximate surface area is 295 Å². The standard InChI is InChI=1S/C13H20FNO.C12H13F4NO.C12H18F2N2O/c1-13(2,3)9-15-8-12(16)10-5-4-6-11(14)7-10;13-9-3-1-2-8(6-9)10(18)7-17-11(4-5-11)12(14,15)16;1-12(2,3)16-6-9(17)7-4-5-8(13)11(15)10(7)14/h4-7,12,15-16H,8-9H2,1-3H3;1-3,6,10,17-18H,4-5,7H2;4-5,9,16-17H,6,15H2,1-3H3/t12-;10-;9-/m000/s1. The third-order valence-electron chi connectivity index (χ3n) is 7.73. The highest BCUT2D eigenvalue weighted by Crippen LogP contribution is 2.49. The van der Waals surface area contributed by atoms with E-state index in [-0.39, 0.29) is 53.8 Å². The summed E-state index contributed by atoms with van der Waals surface area (Å²) in [5.74, 6) is -2.55. The van der Waals surface area contributed by atoms with Gasteiger partial charge in [-0.3, -0.25) is 0 Å². The summed E-state index contributed by atoms with van der Waals surface area (Å²) < 4.78 is 90.1. The quantitative estimate of drug-likeness (QED) is 0.0837. The molecule has 3 aromatic carbocycles. The number of aliphatic hydroxyl groups is 3. The zero-order valence-corrected chi connectivity index (χ0v) is 29.8. The second-order valence-corrected chi connectivity index (χ2v) is 14.8. The van der Waals surface area contributed by atoms with E-state index in [2.05, 4.69) is 36.7 Å². The van der Waals surface area contributed by atoms with Crippen molar-refractivity contribution in [1.29, 1.82) is 0 Å². The van der Waals surface area contributed by atoms with E-state index in [1.807, 2.05) is 20.8 Å². The lowest BCUT2D eigenvalue weighted by Gasteiger charge is -2.23. The minimum absolute atomic E-state index is 0.000602. The van der Waals surface area contributed by atoms with Crippen molar-refractivity contribution in [2.24, 2.45) is 5.41 Å². The van der Waals surface area contributed by atoms with E-state index in [0.717, 1.165) is 18.7 Å². The molecule has 286 valence electrons. The number of alkyl halides is 3. The van der Waals surface area contributed by atoms with Crippen molar-refractivity contribution in [2.75, 3.05) is 31.9 Å². The van der Waals surface area contributed by atoms with Crippen molar-refractivity contribution < 1.29 is 46.1 Å². The number of hydrogen-bond donors (Lipinski definition) is 7. The summed E-state index contributed by atoms with van der Waals surface area (Å²) in [5, 5.41) is 37.8. The summed E-state index contributed by atoms with van der Waals surface area (Å²) in [6.07, 6.45) is -7.14. The van der Waals surface area contributed by atoms with Gasteiger partial charge in [-0.2, -0.15) is 13.2 Å². The predicted octanol–water partition coefficient (Wildman–Crippen LogP) is 7.01. The van der Waals surface area contributed by atoms with Gasteiger partial charge in [0.2, 0.25) is 0 Å². The van der Waals surface area contributed by atoms with E-state index < -0.39 is 53.2 Å². The van der Waals surface area contributed by atoms with Gasteiger partial charge >= 0.3 is 6.18 Å². The highest BCUT2D eigenvalue weighted by Gasteiger charge is 2.63. The van der Waals surface area contributed by atoms with Crippen LogP contribution in [0.2, 0.25) is 0 Å². The van der Waals surface area contributed by atoms with Gasteiger partial charge in [0, 0.05) is 37.3 Å². The monoisotopic (exact) mass is 732 g/mol. The average molecular weight is 733 g/mol. The van der Waals surface area contributed by atoms with Crippen LogP contribution < -0.4 is 21.7 Å². The number of aliphatic hydroxyl groups excluding tert-OH is 3. The Morgan fingerprint density at radius 2 is 1.24 bits per heavy atom. The first-order chi connectivity index (χ1) is 23.4. The fraction of sp³-hybridized carbons (Fsp3) is 0.514. The molecule has 1 aliphatic rings. The van der Waals surface area contributed by atoms with Crippen LogP contribution in [0.4, 0.5) is 36.4 Å². The molecule has 0 radical (unpaired) electrons. The molecule has 3 aromatic rings. The van der Waals surface area contributed by atoms with E-state index in [9.17, 15) is 46.1 Å². The van der Waals surface area contributed by atoms with Gasteiger partial charge in [0.1, 0.15) is 28.7 Å². The number of nitrogens with two attached hydrogens (primary N) is 1. The van der Waals surface area contributed by atoms with Crippen LogP contribution in [0.1, 0.15) is 89.4 Å². The van der Waals surface area contributed by atoms with Crippen molar-refractivity contribution in [3.8, 4) is 0 Å². The third-order valence-corrected chi connectivity index (χ3v) is 7.73. The summed E-state index contributed by atoms with van der Waals surface area (Å²) in [5.41, 5.74) is 3.67. The normalized spacial score (nSPS) is 15.8. The molecular formula is C37H51F7N4O3. The van der Waals surface area contributed by atoms with Crippen LogP contribution in [0, 0.1) is 28.7 Å². The Balaban J connectivity index is 0.000000266. The zero-order chi connectivity index (χ0) is 38.8. The van der Waals surface area contributed by atoms with Crippen LogP contribution in [-0.2, 0) is 0 Å². The fourth-order valence-corrected chi connectivity index (χ4v) is 4.58. The van der Waals surface area contributed by atoms with Gasteiger partial charge in [-0.25, -0.2) is 17.6 Å². The number of anilines is 1. The molecule has 0 amide bonds. The summed E-state index contributed by atoms with van der Waals surface area (Å²) in [6, 6.07) is 13.5. The topological polar surface area (TPSA) is 123 Å². The fourth-order valence-electron chi connectivity index (χ4n) is 4.58. The molecule has 14 heteroatoms. The molecule has 1 fully saturated rings. The lowest BCUT2D eigenvalue weighted by atomic mass is 9.97. The Kier molecular flexibility index (Phi) is 15.9. The molecule has 4 rings (SSSR count). The van der Waals surface area contributed by atoms with Crippen LogP contribution >= 0.6 is 0 Å². The summed E-state index contributed by atoms with van der Waals surface area (Å²) in [4.78, 5) is 0. The highest BCUT2D eigenvalue weighted by molar-refractivity contribution is 5.45. The van der Waals surface area contributed by atoms with E-state index >= 15 is 0 Å². The van der Waals surface area contributed by atoms with Crippen molar-refractivity contribution in [3.63, 3.8) is 0 Å². The first-order valence-electron chi connectivity index (χ1n) is 16.5. The van der Waals surface area contributed by atoms with E-state index in [4.69, 9.17) is 5.73 Å². The molecule has 0 aromatic heterocycles. The maximum atomic E-state index is 13.6. The molecule has 1 saturated carbocycles. The van der Waals surface area contributed by atoms with Crippen LogP contribution in [0.15, 0.2) is 60.7 Å². The average Bonchev–Trinajstić information content (AvgIpc) is 3.83. The van der Waals surface area contributed by atoms with Crippen molar-refractivity contribution in [2.45, 2.75) is 90.0 Å². The maximum Gasteiger partial charge on any atom is 0.406 e.